The van der Waals surface area contributed by atoms with E-state index in [1.54, 1.807) is 12.1 Å². The maximum atomic E-state index is 12.4. The van der Waals surface area contributed by atoms with E-state index in [1.807, 2.05) is 36.4 Å². The first-order valence-electron chi connectivity index (χ1n) is 7.32. The summed E-state index contributed by atoms with van der Waals surface area (Å²) in [6.07, 6.45) is 0.245. The summed E-state index contributed by atoms with van der Waals surface area (Å²) in [7, 11) is 0. The van der Waals surface area contributed by atoms with Crippen LogP contribution in [0, 0.1) is 0 Å². The van der Waals surface area contributed by atoms with E-state index in [0.717, 1.165) is 11.1 Å². The summed E-state index contributed by atoms with van der Waals surface area (Å²) in [5, 5.41) is 9.86. The Morgan fingerprint density at radius 3 is 2.64 bits per heavy atom. The van der Waals surface area contributed by atoms with E-state index >= 15 is 0 Å². The molecule has 4 heteroatoms. The summed E-state index contributed by atoms with van der Waals surface area (Å²) in [5.74, 6) is 0.590. The molecule has 114 valence electrons. The average Bonchev–Trinajstić information content (AvgIpc) is 2.47. The second-order valence-corrected chi connectivity index (χ2v) is 5.97. The van der Waals surface area contributed by atoms with Crippen molar-refractivity contribution in [2.75, 3.05) is 0 Å². The Morgan fingerprint density at radius 1 is 1.23 bits per heavy atom. The average molecular weight is 297 g/mol. The van der Waals surface area contributed by atoms with Crippen LogP contribution in [0.4, 0.5) is 0 Å². The maximum absolute atomic E-state index is 12.4. The summed E-state index contributed by atoms with van der Waals surface area (Å²) >= 11 is 0. The third-order valence-electron chi connectivity index (χ3n) is 3.75. The van der Waals surface area contributed by atoms with Crippen LogP contribution >= 0.6 is 0 Å². The third kappa shape index (κ3) is 3.03. The Labute approximate surface area is 129 Å². The van der Waals surface area contributed by atoms with Crippen LogP contribution in [0.15, 0.2) is 48.5 Å². The van der Waals surface area contributed by atoms with Gasteiger partial charge in [-0.05, 0) is 24.1 Å². The second kappa shape index (κ2) is 5.55. The molecule has 1 unspecified atom stereocenters. The maximum Gasteiger partial charge on any atom is 0.170 e. The molecule has 3 rings (SSSR count). The van der Waals surface area contributed by atoms with Crippen molar-refractivity contribution in [2.24, 2.45) is 5.73 Å². The van der Waals surface area contributed by atoms with Crippen molar-refractivity contribution in [3.8, 4) is 5.75 Å². The number of ketones is 1. The predicted octanol–water partition coefficient (Wildman–Crippen LogP) is 2.60. The number of para-hydroxylation sites is 1. The molecule has 0 aliphatic carbocycles. The Balaban J connectivity index is 1.99. The van der Waals surface area contributed by atoms with Crippen LogP contribution in [0.25, 0.3) is 0 Å². The fourth-order valence-corrected chi connectivity index (χ4v) is 2.78. The molecule has 0 bridgehead atoms. The van der Waals surface area contributed by atoms with Gasteiger partial charge in [-0.25, -0.2) is 0 Å². The van der Waals surface area contributed by atoms with Crippen molar-refractivity contribution in [3.05, 3.63) is 65.2 Å². The van der Waals surface area contributed by atoms with Gasteiger partial charge in [-0.2, -0.15) is 0 Å². The summed E-state index contributed by atoms with van der Waals surface area (Å²) in [4.78, 5) is 12.4. The molecule has 0 spiro atoms. The zero-order chi connectivity index (χ0) is 15.7. The Morgan fingerprint density at radius 2 is 1.95 bits per heavy atom. The predicted molar refractivity (Wildman–Crippen MR) is 83.7 cm³/mol. The largest absolute Gasteiger partial charge is 0.484 e. The van der Waals surface area contributed by atoms with Crippen LogP contribution in [0.3, 0.4) is 0 Å². The lowest BCUT2D eigenvalue weighted by Gasteiger charge is -2.29. The lowest BCUT2D eigenvalue weighted by Crippen LogP contribution is -2.38. The van der Waals surface area contributed by atoms with E-state index in [9.17, 15) is 9.90 Å². The van der Waals surface area contributed by atoms with Crippen LogP contribution < -0.4 is 10.5 Å². The van der Waals surface area contributed by atoms with Crippen molar-refractivity contribution in [3.63, 3.8) is 0 Å². The van der Waals surface area contributed by atoms with Gasteiger partial charge < -0.3 is 15.6 Å². The van der Waals surface area contributed by atoms with Gasteiger partial charge in [-0.15, -0.1) is 0 Å². The van der Waals surface area contributed by atoms with Gasteiger partial charge in [-0.1, -0.05) is 42.5 Å². The second-order valence-electron chi connectivity index (χ2n) is 5.97. The number of ether oxygens (including phenoxy) is 1. The van der Waals surface area contributed by atoms with Crippen LogP contribution in [-0.4, -0.2) is 16.6 Å². The molecule has 1 heterocycles. The molecule has 0 saturated heterocycles. The highest BCUT2D eigenvalue weighted by Crippen LogP contribution is 2.38. The number of fused-ring (bicyclic) bond motifs is 1. The van der Waals surface area contributed by atoms with Crippen molar-refractivity contribution in [1.82, 2.24) is 0 Å². The van der Waals surface area contributed by atoms with Gasteiger partial charge in [0.25, 0.3) is 0 Å². The van der Waals surface area contributed by atoms with Gasteiger partial charge >= 0.3 is 0 Å². The summed E-state index contributed by atoms with van der Waals surface area (Å²) < 4.78 is 6.08. The highest BCUT2D eigenvalue weighted by molar-refractivity contribution is 6.00. The standard InChI is InChI=1S/C18H19NO3/c1-18(19,21)11-13-8-5-9-14-15(20)10-16(22-17(13)14)12-6-3-2-4-7-12/h2-9,16,21H,10-11,19H2,1H3/t16-,18?/m1/s1. The molecule has 3 N–H and O–H groups in total. The first kappa shape index (κ1) is 14.8. The van der Waals surface area contributed by atoms with Gasteiger partial charge in [-0.3, -0.25) is 4.79 Å². The summed E-state index contributed by atoms with van der Waals surface area (Å²) in [6.45, 7) is 1.53. The molecule has 1 aliphatic rings. The van der Waals surface area contributed by atoms with Gasteiger partial charge in [0.15, 0.2) is 5.78 Å². The first-order valence-corrected chi connectivity index (χ1v) is 7.32. The first-order chi connectivity index (χ1) is 10.4. The molecule has 0 radical (unpaired) electrons. The number of carbonyl (C=O) groups is 1. The Hall–Kier alpha value is -2.17. The zero-order valence-electron chi connectivity index (χ0n) is 12.5. The normalized spacial score (nSPS) is 20.0. The Bertz CT molecular complexity index is 689. The summed E-state index contributed by atoms with van der Waals surface area (Å²) in [6, 6.07) is 15.1. The number of aliphatic hydroxyl groups is 1. The lowest BCUT2D eigenvalue weighted by atomic mass is 9.92. The van der Waals surface area contributed by atoms with Crippen LogP contribution in [0.1, 0.15) is 40.9 Å². The molecule has 0 amide bonds. The van der Waals surface area contributed by atoms with Crippen molar-refractivity contribution in [2.45, 2.75) is 31.6 Å². The van der Waals surface area contributed by atoms with Crippen molar-refractivity contribution >= 4 is 5.78 Å². The SMILES string of the molecule is CC(N)(O)Cc1cccc2c1O[C@@H](c1ccccc1)CC2=O. The third-order valence-corrected chi connectivity index (χ3v) is 3.75. The van der Waals surface area contributed by atoms with Gasteiger partial charge in [0.2, 0.25) is 0 Å². The molecule has 2 atom stereocenters. The molecular formula is C18H19NO3. The van der Waals surface area contributed by atoms with Crippen molar-refractivity contribution < 1.29 is 14.6 Å². The molecule has 2 aromatic rings. The fourth-order valence-electron chi connectivity index (χ4n) is 2.78. The molecular weight excluding hydrogens is 278 g/mol. The van der Waals surface area contributed by atoms with Crippen LogP contribution in [0.2, 0.25) is 0 Å². The minimum atomic E-state index is -1.35. The monoisotopic (exact) mass is 297 g/mol. The molecule has 2 aromatic carbocycles. The van der Waals surface area contributed by atoms with Crippen molar-refractivity contribution in [1.29, 1.82) is 0 Å². The molecule has 1 aliphatic heterocycles. The number of hydrogen-bond acceptors (Lipinski definition) is 4. The Kier molecular flexibility index (Phi) is 3.72. The number of Topliss-reactive ketones (excluding diaryl/α,β-unsaturated/α-hetero) is 1. The van der Waals surface area contributed by atoms with Gasteiger partial charge in [0, 0.05) is 6.42 Å². The molecule has 0 fully saturated rings. The smallest absolute Gasteiger partial charge is 0.170 e. The van der Waals surface area contributed by atoms with E-state index in [2.05, 4.69) is 0 Å². The van der Waals surface area contributed by atoms with E-state index in [0.29, 0.717) is 17.7 Å². The highest BCUT2D eigenvalue weighted by atomic mass is 16.5. The van der Waals surface area contributed by atoms with Gasteiger partial charge in [0.05, 0.1) is 12.0 Å². The number of carbonyl (C=O) groups excluding carboxylic acids is 1. The highest BCUT2D eigenvalue weighted by Gasteiger charge is 2.30. The van der Waals surface area contributed by atoms with E-state index in [-0.39, 0.29) is 18.3 Å². The lowest BCUT2D eigenvalue weighted by molar-refractivity contribution is 0.0645. The molecule has 22 heavy (non-hydrogen) atoms. The topological polar surface area (TPSA) is 72.6 Å². The van der Waals surface area contributed by atoms with E-state index in [1.165, 1.54) is 6.92 Å². The minimum absolute atomic E-state index is 0.0496. The number of benzene rings is 2. The zero-order valence-corrected chi connectivity index (χ0v) is 12.5. The van der Waals surface area contributed by atoms with Crippen LogP contribution in [-0.2, 0) is 6.42 Å². The molecule has 4 nitrogen and oxygen atoms in total. The number of rotatable bonds is 3. The van der Waals surface area contributed by atoms with Gasteiger partial charge in [0.1, 0.15) is 17.6 Å². The molecule has 0 saturated carbocycles. The van der Waals surface area contributed by atoms with E-state index in [4.69, 9.17) is 10.5 Å². The minimum Gasteiger partial charge on any atom is -0.484 e. The number of hydrogen-bond donors (Lipinski definition) is 2. The van der Waals surface area contributed by atoms with E-state index < -0.39 is 5.72 Å². The fraction of sp³-hybridized carbons (Fsp3) is 0.278. The van der Waals surface area contributed by atoms with Crippen LogP contribution in [0.5, 0.6) is 5.75 Å². The summed E-state index contributed by atoms with van der Waals surface area (Å²) in [5.41, 5.74) is 6.63. The quantitative estimate of drug-likeness (QED) is 0.854. The number of nitrogens with two attached hydrogens (primary N) is 1. The molecule has 0 aromatic heterocycles.